The van der Waals surface area contributed by atoms with E-state index in [0.29, 0.717) is 12.1 Å². The molecular weight excluding hydrogens is 164 g/mol. The molecule has 1 saturated heterocycles. The van der Waals surface area contributed by atoms with Gasteiger partial charge in [-0.2, -0.15) is 0 Å². The third-order valence-electron chi connectivity index (χ3n) is 2.58. The van der Waals surface area contributed by atoms with Crippen molar-refractivity contribution in [2.45, 2.75) is 38.8 Å². The minimum atomic E-state index is 0.363. The molecule has 0 aromatic rings. The van der Waals surface area contributed by atoms with Gasteiger partial charge in [0.15, 0.2) is 0 Å². The van der Waals surface area contributed by atoms with E-state index in [0.717, 1.165) is 26.1 Å². The molecular formula is C10H22N2O. The fraction of sp³-hybridized carbons (Fsp3) is 1.00. The third kappa shape index (κ3) is 3.63. The second-order valence-electron chi connectivity index (χ2n) is 3.99. The average molecular weight is 186 g/mol. The van der Waals surface area contributed by atoms with Gasteiger partial charge >= 0.3 is 0 Å². The van der Waals surface area contributed by atoms with E-state index in [-0.39, 0.29) is 0 Å². The zero-order chi connectivity index (χ0) is 9.68. The lowest BCUT2D eigenvalue weighted by Crippen LogP contribution is -2.52. The minimum absolute atomic E-state index is 0.363. The molecule has 78 valence electrons. The van der Waals surface area contributed by atoms with E-state index in [1.807, 2.05) is 0 Å². The lowest BCUT2D eigenvalue weighted by molar-refractivity contribution is 0.0487. The maximum atomic E-state index is 5.60. The Kier molecular flexibility index (Phi) is 4.70. The van der Waals surface area contributed by atoms with Crippen molar-refractivity contribution >= 4 is 0 Å². The highest BCUT2D eigenvalue weighted by Crippen LogP contribution is 2.15. The minimum Gasteiger partial charge on any atom is -0.379 e. The Morgan fingerprint density at radius 3 is 2.77 bits per heavy atom. The van der Waals surface area contributed by atoms with Crippen LogP contribution in [0, 0.1) is 0 Å². The van der Waals surface area contributed by atoms with Crippen LogP contribution in [0.1, 0.15) is 26.7 Å². The molecule has 1 rings (SSSR count). The summed E-state index contributed by atoms with van der Waals surface area (Å²) in [5, 5.41) is 0. The fourth-order valence-corrected chi connectivity index (χ4v) is 1.64. The van der Waals surface area contributed by atoms with E-state index in [4.69, 9.17) is 10.5 Å². The Hall–Kier alpha value is -0.120. The maximum Gasteiger partial charge on any atom is 0.0518 e. The summed E-state index contributed by atoms with van der Waals surface area (Å²) < 4.78 is 5.47. The smallest absolute Gasteiger partial charge is 0.0518 e. The number of nitrogens with zero attached hydrogens (tertiary/aromatic N) is 1. The summed E-state index contributed by atoms with van der Waals surface area (Å²) in [6.45, 7) is 8.22. The van der Waals surface area contributed by atoms with E-state index < -0.39 is 0 Å². The summed E-state index contributed by atoms with van der Waals surface area (Å²) in [5.41, 5.74) is 5.60. The number of rotatable bonds is 6. The normalized spacial score (nSPS) is 23.5. The van der Waals surface area contributed by atoms with Crippen molar-refractivity contribution in [3.63, 3.8) is 0 Å². The number of nitrogens with two attached hydrogens (primary N) is 1. The van der Waals surface area contributed by atoms with Gasteiger partial charge in [0.25, 0.3) is 0 Å². The molecule has 3 heteroatoms. The third-order valence-corrected chi connectivity index (χ3v) is 2.58. The van der Waals surface area contributed by atoms with E-state index >= 15 is 0 Å². The number of hydrogen-bond acceptors (Lipinski definition) is 3. The number of ether oxygens (including phenoxy) is 1. The average Bonchev–Trinajstić information content (AvgIpc) is 2.02. The molecule has 13 heavy (non-hydrogen) atoms. The Morgan fingerprint density at radius 2 is 2.31 bits per heavy atom. The lowest BCUT2D eigenvalue weighted by atomic mass is 10.0. The van der Waals surface area contributed by atoms with Crippen LogP contribution in [0.15, 0.2) is 0 Å². The van der Waals surface area contributed by atoms with Gasteiger partial charge in [0.2, 0.25) is 0 Å². The summed E-state index contributed by atoms with van der Waals surface area (Å²) in [6.07, 6.45) is 2.78. The molecule has 0 aromatic carbocycles. The SMILES string of the molecule is CC(C)OCCCN1CCC1CN. The van der Waals surface area contributed by atoms with Crippen molar-refractivity contribution in [3.8, 4) is 0 Å². The molecule has 0 aromatic heterocycles. The van der Waals surface area contributed by atoms with Crippen LogP contribution >= 0.6 is 0 Å². The summed E-state index contributed by atoms with van der Waals surface area (Å²) >= 11 is 0. The summed E-state index contributed by atoms with van der Waals surface area (Å²) in [7, 11) is 0. The van der Waals surface area contributed by atoms with Crippen LogP contribution in [0.3, 0.4) is 0 Å². The Bertz CT molecular complexity index is 137. The fourth-order valence-electron chi connectivity index (χ4n) is 1.64. The summed E-state index contributed by atoms with van der Waals surface area (Å²) in [4.78, 5) is 2.45. The van der Waals surface area contributed by atoms with Gasteiger partial charge in [-0.15, -0.1) is 0 Å². The second kappa shape index (κ2) is 5.58. The molecule has 1 unspecified atom stereocenters. The van der Waals surface area contributed by atoms with Crippen molar-refractivity contribution in [1.29, 1.82) is 0 Å². The largest absolute Gasteiger partial charge is 0.379 e. The molecule has 0 spiro atoms. The van der Waals surface area contributed by atoms with Crippen LogP contribution < -0.4 is 5.73 Å². The van der Waals surface area contributed by atoms with Gasteiger partial charge in [-0.1, -0.05) is 0 Å². The monoisotopic (exact) mass is 186 g/mol. The zero-order valence-corrected chi connectivity index (χ0v) is 8.83. The van der Waals surface area contributed by atoms with Crippen molar-refractivity contribution in [1.82, 2.24) is 4.90 Å². The van der Waals surface area contributed by atoms with E-state index in [1.54, 1.807) is 0 Å². The molecule has 1 heterocycles. The molecule has 1 atom stereocenters. The standard InChI is InChI=1S/C10H22N2O/c1-9(2)13-7-3-5-12-6-4-10(12)8-11/h9-10H,3-8,11H2,1-2H3. The first-order valence-corrected chi connectivity index (χ1v) is 5.29. The second-order valence-corrected chi connectivity index (χ2v) is 3.99. The van der Waals surface area contributed by atoms with Crippen LogP contribution in [0.4, 0.5) is 0 Å². The van der Waals surface area contributed by atoms with Gasteiger partial charge < -0.3 is 10.5 Å². The van der Waals surface area contributed by atoms with E-state index in [2.05, 4.69) is 18.7 Å². The highest BCUT2D eigenvalue weighted by molar-refractivity contribution is 4.82. The first-order chi connectivity index (χ1) is 6.24. The Morgan fingerprint density at radius 1 is 1.54 bits per heavy atom. The molecule has 0 saturated carbocycles. The number of hydrogen-bond donors (Lipinski definition) is 1. The molecule has 0 aliphatic carbocycles. The lowest BCUT2D eigenvalue weighted by Gasteiger charge is -2.40. The molecule has 1 fully saturated rings. The predicted molar refractivity (Wildman–Crippen MR) is 54.7 cm³/mol. The van der Waals surface area contributed by atoms with Gasteiger partial charge in [-0.3, -0.25) is 4.90 Å². The van der Waals surface area contributed by atoms with Crippen molar-refractivity contribution in [3.05, 3.63) is 0 Å². The van der Waals surface area contributed by atoms with E-state index in [1.165, 1.54) is 13.0 Å². The van der Waals surface area contributed by atoms with Gasteiger partial charge in [-0.25, -0.2) is 0 Å². The quantitative estimate of drug-likeness (QED) is 0.625. The maximum absolute atomic E-state index is 5.60. The Balaban J connectivity index is 1.94. The van der Waals surface area contributed by atoms with Gasteiger partial charge in [0.05, 0.1) is 6.10 Å². The number of likely N-dealkylation sites (tertiary alicyclic amines) is 1. The highest BCUT2D eigenvalue weighted by atomic mass is 16.5. The van der Waals surface area contributed by atoms with Crippen molar-refractivity contribution < 1.29 is 4.74 Å². The van der Waals surface area contributed by atoms with Crippen LogP contribution in [-0.4, -0.2) is 43.3 Å². The molecule has 3 nitrogen and oxygen atoms in total. The summed E-state index contributed by atoms with van der Waals surface area (Å²) in [6, 6.07) is 0.652. The van der Waals surface area contributed by atoms with Crippen LogP contribution in [-0.2, 0) is 4.74 Å². The van der Waals surface area contributed by atoms with Crippen LogP contribution in [0.5, 0.6) is 0 Å². The molecule has 0 amide bonds. The Labute approximate surface area is 81.2 Å². The van der Waals surface area contributed by atoms with Gasteiger partial charge in [-0.05, 0) is 26.7 Å². The molecule has 0 bridgehead atoms. The topological polar surface area (TPSA) is 38.5 Å². The van der Waals surface area contributed by atoms with Crippen LogP contribution in [0.25, 0.3) is 0 Å². The summed E-state index contributed by atoms with van der Waals surface area (Å²) in [5.74, 6) is 0. The molecule has 0 radical (unpaired) electrons. The first-order valence-electron chi connectivity index (χ1n) is 5.29. The van der Waals surface area contributed by atoms with Crippen molar-refractivity contribution in [2.75, 3.05) is 26.2 Å². The first kappa shape index (κ1) is 11.0. The predicted octanol–water partition coefficient (Wildman–Crippen LogP) is 0.835. The highest BCUT2D eigenvalue weighted by Gasteiger charge is 2.25. The van der Waals surface area contributed by atoms with Crippen molar-refractivity contribution in [2.24, 2.45) is 5.73 Å². The van der Waals surface area contributed by atoms with E-state index in [9.17, 15) is 0 Å². The molecule has 1 aliphatic heterocycles. The van der Waals surface area contributed by atoms with Gasteiger partial charge in [0, 0.05) is 32.3 Å². The molecule has 2 N–H and O–H groups in total. The van der Waals surface area contributed by atoms with Crippen LogP contribution in [0.2, 0.25) is 0 Å². The van der Waals surface area contributed by atoms with Gasteiger partial charge in [0.1, 0.15) is 0 Å². The molecule has 1 aliphatic rings. The zero-order valence-electron chi connectivity index (χ0n) is 8.83.